The lowest BCUT2D eigenvalue weighted by atomic mass is 9.82. The number of para-hydroxylation sites is 2. The average molecular weight is 604 g/mol. The molecule has 9 aromatic rings. The third-order valence-corrected chi connectivity index (χ3v) is 10.0. The van der Waals surface area contributed by atoms with E-state index in [-0.39, 0.29) is 5.41 Å². The second kappa shape index (κ2) is 9.51. The number of rotatable bonds is 3. The first-order valence-electron chi connectivity index (χ1n) is 16.1. The van der Waals surface area contributed by atoms with Crippen molar-refractivity contribution in [3.8, 4) is 39.6 Å². The zero-order valence-corrected chi connectivity index (χ0v) is 26.0. The van der Waals surface area contributed by atoms with Crippen LogP contribution in [0.3, 0.4) is 0 Å². The molecule has 0 saturated heterocycles. The highest BCUT2D eigenvalue weighted by molar-refractivity contribution is 6.13. The van der Waals surface area contributed by atoms with Gasteiger partial charge >= 0.3 is 0 Å². The second-order valence-corrected chi connectivity index (χ2v) is 13.0. The molecule has 3 aromatic heterocycles. The number of benzene rings is 6. The minimum Gasteiger partial charge on any atom is -0.456 e. The van der Waals surface area contributed by atoms with Gasteiger partial charge in [0.2, 0.25) is 5.95 Å². The first-order valence-corrected chi connectivity index (χ1v) is 16.1. The second-order valence-electron chi connectivity index (χ2n) is 13.0. The van der Waals surface area contributed by atoms with Crippen LogP contribution in [0.4, 0.5) is 0 Å². The van der Waals surface area contributed by atoms with Gasteiger partial charge < -0.3 is 4.42 Å². The third-order valence-electron chi connectivity index (χ3n) is 10.0. The fourth-order valence-electron chi connectivity index (χ4n) is 7.80. The lowest BCUT2D eigenvalue weighted by molar-refractivity contribution is 0.661. The Hall–Kier alpha value is -6.00. The first-order chi connectivity index (χ1) is 23.1. The van der Waals surface area contributed by atoms with Crippen LogP contribution < -0.4 is 0 Å². The third kappa shape index (κ3) is 3.70. The Balaban J connectivity index is 1.30. The molecular weight excluding hydrogens is 574 g/mol. The van der Waals surface area contributed by atoms with Crippen molar-refractivity contribution in [3.05, 3.63) is 151 Å². The maximum atomic E-state index is 6.29. The molecule has 0 radical (unpaired) electrons. The average Bonchev–Trinajstić information content (AvgIpc) is 3.73. The minimum absolute atomic E-state index is 0.128. The Morgan fingerprint density at radius 2 is 1.21 bits per heavy atom. The molecule has 4 nitrogen and oxygen atoms in total. The summed E-state index contributed by atoms with van der Waals surface area (Å²) in [5.74, 6) is 0.644. The van der Waals surface area contributed by atoms with Crippen LogP contribution in [0.2, 0.25) is 0 Å². The highest BCUT2D eigenvalue weighted by atomic mass is 16.3. The number of nitrogens with zero attached hydrogens (tertiary/aromatic N) is 3. The molecule has 1 aliphatic rings. The molecule has 1 aliphatic carbocycles. The van der Waals surface area contributed by atoms with E-state index in [0.717, 1.165) is 55.5 Å². The van der Waals surface area contributed by atoms with Crippen LogP contribution >= 0.6 is 0 Å². The molecule has 47 heavy (non-hydrogen) atoms. The largest absolute Gasteiger partial charge is 0.456 e. The Bertz CT molecular complexity index is 2710. The van der Waals surface area contributed by atoms with Crippen LogP contribution in [0.5, 0.6) is 0 Å². The molecule has 0 amide bonds. The van der Waals surface area contributed by atoms with Crippen molar-refractivity contribution < 1.29 is 4.42 Å². The van der Waals surface area contributed by atoms with E-state index >= 15 is 0 Å². The molecule has 3 heterocycles. The smallest absolute Gasteiger partial charge is 0.235 e. The van der Waals surface area contributed by atoms with Crippen molar-refractivity contribution in [2.75, 3.05) is 0 Å². The maximum absolute atomic E-state index is 6.29. The lowest BCUT2D eigenvalue weighted by Gasteiger charge is -2.21. The van der Waals surface area contributed by atoms with Crippen LogP contribution in [0.15, 0.2) is 144 Å². The first kappa shape index (κ1) is 26.2. The Kier molecular flexibility index (Phi) is 5.31. The summed E-state index contributed by atoms with van der Waals surface area (Å²) >= 11 is 0. The van der Waals surface area contributed by atoms with Gasteiger partial charge in [-0.25, -0.2) is 9.97 Å². The van der Waals surface area contributed by atoms with E-state index in [2.05, 4.69) is 128 Å². The molecule has 4 heteroatoms. The van der Waals surface area contributed by atoms with E-state index in [4.69, 9.17) is 14.4 Å². The molecule has 0 saturated carbocycles. The van der Waals surface area contributed by atoms with E-state index in [0.29, 0.717) is 5.95 Å². The minimum atomic E-state index is -0.128. The van der Waals surface area contributed by atoms with E-state index in [1.54, 1.807) is 0 Å². The van der Waals surface area contributed by atoms with Gasteiger partial charge in [0, 0.05) is 38.1 Å². The maximum Gasteiger partial charge on any atom is 0.235 e. The fourth-order valence-corrected chi connectivity index (χ4v) is 7.80. The molecule has 0 fully saturated rings. The van der Waals surface area contributed by atoms with E-state index in [1.165, 1.54) is 33.0 Å². The number of furan rings is 1. The Labute approximate surface area is 271 Å². The molecule has 0 atom stereocenters. The fraction of sp³-hybridized carbons (Fsp3) is 0.0698. The van der Waals surface area contributed by atoms with Crippen molar-refractivity contribution in [2.45, 2.75) is 19.3 Å². The molecule has 10 rings (SSSR count). The molecule has 0 bridgehead atoms. The quantitative estimate of drug-likeness (QED) is 0.202. The van der Waals surface area contributed by atoms with Crippen LogP contribution in [0.1, 0.15) is 25.0 Å². The molecule has 0 aliphatic heterocycles. The van der Waals surface area contributed by atoms with Crippen molar-refractivity contribution in [3.63, 3.8) is 0 Å². The summed E-state index contributed by atoms with van der Waals surface area (Å²) < 4.78 is 8.54. The number of fused-ring (bicyclic) bond motifs is 9. The van der Waals surface area contributed by atoms with Crippen molar-refractivity contribution >= 4 is 43.7 Å². The van der Waals surface area contributed by atoms with Crippen molar-refractivity contribution in [1.29, 1.82) is 0 Å². The van der Waals surface area contributed by atoms with Gasteiger partial charge in [-0.2, -0.15) is 0 Å². The molecule has 0 spiro atoms. The van der Waals surface area contributed by atoms with Gasteiger partial charge in [-0.3, -0.25) is 4.57 Å². The zero-order valence-electron chi connectivity index (χ0n) is 26.0. The van der Waals surface area contributed by atoms with Gasteiger partial charge in [-0.15, -0.1) is 0 Å². The number of hydrogen-bond acceptors (Lipinski definition) is 3. The van der Waals surface area contributed by atoms with Crippen LogP contribution in [-0.2, 0) is 5.41 Å². The predicted molar refractivity (Wildman–Crippen MR) is 192 cm³/mol. The van der Waals surface area contributed by atoms with Crippen LogP contribution in [0, 0.1) is 0 Å². The van der Waals surface area contributed by atoms with Gasteiger partial charge in [0.25, 0.3) is 0 Å². The lowest BCUT2D eigenvalue weighted by Crippen LogP contribution is -2.15. The van der Waals surface area contributed by atoms with Gasteiger partial charge in [-0.1, -0.05) is 117 Å². The topological polar surface area (TPSA) is 43.9 Å². The predicted octanol–water partition coefficient (Wildman–Crippen LogP) is 11.1. The van der Waals surface area contributed by atoms with Crippen molar-refractivity contribution in [1.82, 2.24) is 14.5 Å². The highest BCUT2D eigenvalue weighted by Crippen LogP contribution is 2.51. The summed E-state index contributed by atoms with van der Waals surface area (Å²) in [5.41, 5.74) is 12.9. The molecular formula is C43H29N3O. The van der Waals surface area contributed by atoms with E-state index < -0.39 is 0 Å². The molecule has 222 valence electrons. The van der Waals surface area contributed by atoms with Gasteiger partial charge in [0.1, 0.15) is 11.2 Å². The van der Waals surface area contributed by atoms with Crippen LogP contribution in [-0.4, -0.2) is 14.5 Å². The van der Waals surface area contributed by atoms with Crippen LogP contribution in [0.25, 0.3) is 83.3 Å². The summed E-state index contributed by atoms with van der Waals surface area (Å²) in [7, 11) is 0. The normalized spacial score (nSPS) is 13.5. The standard InChI is InChI=1S/C43H29N3O/c1-43(2)33-19-9-6-15-27(33)31-23-32-28-16-7-10-20-37(28)46(38(32)24-34(31)43)42-44-35(26-13-4-3-5-14-26)25-36(45-42)29-18-12-22-40-41(29)30-17-8-11-21-39(30)47-40/h3-25H,1-2H3. The zero-order chi connectivity index (χ0) is 31.3. The SMILES string of the molecule is CC1(C)c2ccccc2-c2cc3c4ccccc4n(-c4nc(-c5ccccc5)cc(-c5cccc6oc7ccccc7c56)n4)c3cc21. The van der Waals surface area contributed by atoms with E-state index in [1.807, 2.05) is 30.3 Å². The summed E-state index contributed by atoms with van der Waals surface area (Å²) in [4.78, 5) is 10.7. The summed E-state index contributed by atoms with van der Waals surface area (Å²) in [6.45, 7) is 4.66. The molecule has 0 unspecified atom stereocenters. The highest BCUT2D eigenvalue weighted by Gasteiger charge is 2.36. The summed E-state index contributed by atoms with van der Waals surface area (Å²) in [6, 6.07) is 49.2. The summed E-state index contributed by atoms with van der Waals surface area (Å²) in [5, 5.41) is 4.52. The van der Waals surface area contributed by atoms with E-state index in [9.17, 15) is 0 Å². The number of aromatic nitrogens is 3. The Morgan fingerprint density at radius 3 is 2.11 bits per heavy atom. The number of hydrogen-bond donors (Lipinski definition) is 0. The van der Waals surface area contributed by atoms with Gasteiger partial charge in [0.15, 0.2) is 0 Å². The monoisotopic (exact) mass is 603 g/mol. The van der Waals surface area contributed by atoms with Gasteiger partial charge in [0.05, 0.1) is 22.4 Å². The summed E-state index contributed by atoms with van der Waals surface area (Å²) in [6.07, 6.45) is 0. The Morgan fingerprint density at radius 1 is 0.511 bits per heavy atom. The molecule has 6 aromatic carbocycles. The molecule has 0 N–H and O–H groups in total. The van der Waals surface area contributed by atoms with Gasteiger partial charge in [-0.05, 0) is 58.7 Å². The van der Waals surface area contributed by atoms with Crippen molar-refractivity contribution in [2.24, 2.45) is 0 Å².